The number of amides is 1. The number of nitrogens with zero attached hydrogens (tertiary/aromatic N) is 3. The molecule has 1 atom stereocenters. The molecule has 1 aromatic carbocycles. The first-order valence-corrected chi connectivity index (χ1v) is 8.44. The van der Waals surface area contributed by atoms with E-state index < -0.39 is 28.5 Å². The van der Waals surface area contributed by atoms with Gasteiger partial charge >= 0.3 is 0 Å². The predicted molar refractivity (Wildman–Crippen MR) is 95.0 cm³/mol. The van der Waals surface area contributed by atoms with Gasteiger partial charge in [0.1, 0.15) is 11.5 Å². The van der Waals surface area contributed by atoms with E-state index in [1.165, 1.54) is 12.3 Å². The lowest BCUT2D eigenvalue weighted by atomic mass is 10.1. The zero-order valence-electron chi connectivity index (χ0n) is 13.5. The molecule has 0 unspecified atom stereocenters. The third-order valence-electron chi connectivity index (χ3n) is 3.46. The molecule has 0 radical (unpaired) electrons. The first-order chi connectivity index (χ1) is 12.9. The Balaban J connectivity index is 1.71. The normalized spacial score (nSPS) is 18.1. The van der Waals surface area contributed by atoms with Crippen molar-refractivity contribution in [2.75, 3.05) is 0 Å². The lowest BCUT2D eigenvalue weighted by molar-refractivity contribution is -0.384. The Morgan fingerprint density at radius 1 is 1.33 bits per heavy atom. The van der Waals surface area contributed by atoms with E-state index in [1.807, 2.05) is 0 Å². The molecule has 1 N–H and O–H groups in total. The third-order valence-corrected chi connectivity index (χ3v) is 4.53. The molecule has 1 saturated heterocycles. The van der Waals surface area contributed by atoms with Crippen LogP contribution in [-0.4, -0.2) is 33.4 Å². The predicted octanol–water partition coefficient (Wildman–Crippen LogP) is 0.916. The number of nitro benzene ring substituents is 1. The summed E-state index contributed by atoms with van der Waals surface area (Å²) in [5.41, 5.74) is 0.247. The van der Waals surface area contributed by atoms with Crippen LogP contribution in [0.3, 0.4) is 0 Å². The molecule has 27 heavy (non-hydrogen) atoms. The number of thioether (sulfide) groups is 1. The zero-order chi connectivity index (χ0) is 19.4. The number of hydrogen-bond donors (Lipinski definition) is 1. The monoisotopic (exact) mass is 387 g/mol. The minimum absolute atomic E-state index is 0.0837. The summed E-state index contributed by atoms with van der Waals surface area (Å²) in [4.78, 5) is 32.7. The van der Waals surface area contributed by atoms with Crippen LogP contribution in [0.4, 0.5) is 5.69 Å². The number of nitrogens with one attached hydrogen (secondary N) is 1. The fourth-order valence-corrected chi connectivity index (χ4v) is 3.19. The second kappa shape index (κ2) is 7.83. The molecule has 1 aromatic heterocycles. The van der Waals surface area contributed by atoms with E-state index >= 15 is 0 Å². The fourth-order valence-electron chi connectivity index (χ4n) is 2.28. The van der Waals surface area contributed by atoms with E-state index in [4.69, 9.17) is 4.42 Å². The molecule has 0 aliphatic carbocycles. The van der Waals surface area contributed by atoms with Crippen molar-refractivity contribution in [2.45, 2.75) is 11.7 Å². The molecular formula is C16H11N4O6S-. The minimum Gasteiger partial charge on any atom is -0.550 e. The van der Waals surface area contributed by atoms with E-state index in [1.54, 1.807) is 30.3 Å². The smallest absolute Gasteiger partial charge is 0.280 e. The Kier molecular flexibility index (Phi) is 5.31. The maximum absolute atomic E-state index is 11.6. The van der Waals surface area contributed by atoms with Gasteiger partial charge in [-0.1, -0.05) is 23.9 Å². The molecule has 1 aliphatic heterocycles. The summed E-state index contributed by atoms with van der Waals surface area (Å²) in [6.07, 6.45) is 0.848. The summed E-state index contributed by atoms with van der Waals surface area (Å²) in [6.45, 7) is 0. The molecular weight excluding hydrogens is 376 g/mol. The topological polar surface area (TPSA) is 150 Å². The van der Waals surface area contributed by atoms with Gasteiger partial charge in [-0.15, -0.1) is 5.10 Å². The first kappa shape index (κ1) is 18.3. The quantitative estimate of drug-likeness (QED) is 0.440. The summed E-state index contributed by atoms with van der Waals surface area (Å²) >= 11 is 0.939. The van der Waals surface area contributed by atoms with E-state index in [0.29, 0.717) is 17.1 Å². The van der Waals surface area contributed by atoms with Crippen molar-refractivity contribution in [3.05, 3.63) is 52.3 Å². The molecule has 2 heterocycles. The van der Waals surface area contributed by atoms with E-state index in [9.17, 15) is 24.8 Å². The van der Waals surface area contributed by atoms with Gasteiger partial charge in [-0.25, -0.2) is 0 Å². The maximum Gasteiger partial charge on any atom is 0.280 e. The van der Waals surface area contributed by atoms with Gasteiger partial charge in [0.05, 0.1) is 22.0 Å². The molecule has 138 valence electrons. The van der Waals surface area contributed by atoms with Crippen LogP contribution in [0.1, 0.15) is 12.2 Å². The lowest BCUT2D eigenvalue weighted by Crippen LogP contribution is -2.31. The summed E-state index contributed by atoms with van der Waals surface area (Å²) in [6, 6.07) is 9.30. The standard InChI is InChI=1S/C16H12N4O6S/c21-14(22)7-13-15(23)18-16(27-13)19-17-8-9-5-6-12(26-9)10-3-1-2-4-11(10)20(24)25/h1-6,8,13H,7H2,(H,21,22)(H,18,19,23)/p-1/b17-8-/t13-/m0/s1. The fraction of sp³-hybridized carbons (Fsp3) is 0.125. The Morgan fingerprint density at radius 2 is 2.11 bits per heavy atom. The van der Waals surface area contributed by atoms with Crippen LogP contribution in [0.2, 0.25) is 0 Å². The summed E-state index contributed by atoms with van der Waals surface area (Å²) in [7, 11) is 0. The average Bonchev–Trinajstić information content (AvgIpc) is 3.22. The van der Waals surface area contributed by atoms with E-state index in [2.05, 4.69) is 15.5 Å². The Hall–Kier alpha value is -3.47. The van der Waals surface area contributed by atoms with E-state index in [0.717, 1.165) is 11.8 Å². The number of carboxylic acid groups (broad SMARTS) is 1. The number of rotatable bonds is 6. The molecule has 2 aromatic rings. The van der Waals surface area contributed by atoms with Crippen LogP contribution < -0.4 is 10.4 Å². The molecule has 11 heteroatoms. The largest absolute Gasteiger partial charge is 0.550 e. The van der Waals surface area contributed by atoms with Gasteiger partial charge in [-0.05, 0) is 18.2 Å². The van der Waals surface area contributed by atoms with Crippen LogP contribution in [-0.2, 0) is 9.59 Å². The molecule has 3 rings (SSSR count). The van der Waals surface area contributed by atoms with Gasteiger partial charge in [0.25, 0.3) is 5.69 Å². The van der Waals surface area contributed by atoms with Gasteiger partial charge < -0.3 is 19.6 Å². The van der Waals surface area contributed by atoms with Gasteiger partial charge in [0.2, 0.25) is 5.91 Å². The second-order valence-electron chi connectivity index (χ2n) is 5.30. The number of furan rings is 1. The van der Waals surface area contributed by atoms with Gasteiger partial charge in [0, 0.05) is 18.5 Å². The van der Waals surface area contributed by atoms with Crippen molar-refractivity contribution in [3.8, 4) is 11.3 Å². The summed E-state index contributed by atoms with van der Waals surface area (Å²) < 4.78 is 5.52. The van der Waals surface area contributed by atoms with Crippen LogP contribution in [0.15, 0.2) is 51.0 Å². The third kappa shape index (κ3) is 4.39. The van der Waals surface area contributed by atoms with Gasteiger partial charge in [0.15, 0.2) is 5.17 Å². The molecule has 1 amide bonds. The van der Waals surface area contributed by atoms with Crippen LogP contribution >= 0.6 is 11.8 Å². The van der Waals surface area contributed by atoms with Crippen molar-refractivity contribution in [1.29, 1.82) is 0 Å². The number of benzene rings is 1. The number of para-hydroxylation sites is 1. The number of hydrogen-bond acceptors (Lipinski definition) is 9. The number of carboxylic acids is 1. The highest BCUT2D eigenvalue weighted by Gasteiger charge is 2.30. The van der Waals surface area contributed by atoms with Crippen LogP contribution in [0.25, 0.3) is 11.3 Å². The van der Waals surface area contributed by atoms with Crippen molar-refractivity contribution in [3.63, 3.8) is 0 Å². The zero-order valence-corrected chi connectivity index (χ0v) is 14.3. The molecule has 10 nitrogen and oxygen atoms in total. The van der Waals surface area contributed by atoms with Crippen LogP contribution in [0, 0.1) is 10.1 Å². The number of carbonyl (C=O) groups excluding carboxylic acids is 2. The first-order valence-electron chi connectivity index (χ1n) is 7.56. The SMILES string of the molecule is O=C([O-])C[C@@H]1S/C(=N/N=C\c2ccc(-c3ccccc3[N+](=O)[O-])o2)NC1=O. The minimum atomic E-state index is -1.33. The number of aliphatic carboxylic acids is 1. The van der Waals surface area contributed by atoms with Gasteiger partial charge in [-0.3, -0.25) is 14.9 Å². The van der Waals surface area contributed by atoms with E-state index in [-0.39, 0.29) is 10.9 Å². The molecule has 1 fully saturated rings. The molecule has 0 bridgehead atoms. The summed E-state index contributed by atoms with van der Waals surface area (Å²) in [5, 5.41) is 31.0. The highest BCUT2D eigenvalue weighted by molar-refractivity contribution is 8.15. The number of carbonyl (C=O) groups is 2. The highest BCUT2D eigenvalue weighted by atomic mass is 32.2. The van der Waals surface area contributed by atoms with Crippen molar-refractivity contribution in [2.24, 2.45) is 10.2 Å². The number of nitro groups is 1. The average molecular weight is 387 g/mol. The molecule has 0 spiro atoms. The van der Waals surface area contributed by atoms with Gasteiger partial charge in [-0.2, -0.15) is 5.10 Å². The highest BCUT2D eigenvalue weighted by Crippen LogP contribution is 2.30. The Bertz CT molecular complexity index is 967. The summed E-state index contributed by atoms with van der Waals surface area (Å²) in [5.74, 6) is -1.21. The van der Waals surface area contributed by atoms with Crippen molar-refractivity contribution < 1.29 is 24.0 Å². The second-order valence-corrected chi connectivity index (χ2v) is 6.49. The Labute approximate surface area is 156 Å². The lowest BCUT2D eigenvalue weighted by Gasteiger charge is -2.04. The molecule has 0 saturated carbocycles. The van der Waals surface area contributed by atoms with Crippen molar-refractivity contribution in [1.82, 2.24) is 5.32 Å². The van der Waals surface area contributed by atoms with Crippen molar-refractivity contribution >= 4 is 40.7 Å². The maximum atomic E-state index is 11.6. The Morgan fingerprint density at radius 3 is 2.85 bits per heavy atom. The number of amidine groups is 1. The molecule has 1 aliphatic rings. The van der Waals surface area contributed by atoms with Crippen LogP contribution in [0.5, 0.6) is 0 Å².